The van der Waals surface area contributed by atoms with Gasteiger partial charge in [-0.15, -0.1) is 0 Å². The first kappa shape index (κ1) is 9.43. The number of hydrogen-bond donors (Lipinski definition) is 1. The molecular weight excluding hydrogens is 200 g/mol. The Balaban J connectivity index is 2.18. The van der Waals surface area contributed by atoms with E-state index in [-0.39, 0.29) is 0 Å². The van der Waals surface area contributed by atoms with Crippen LogP contribution in [0.3, 0.4) is 0 Å². The zero-order valence-corrected chi connectivity index (χ0v) is 8.97. The first-order valence-corrected chi connectivity index (χ1v) is 5.31. The van der Waals surface area contributed by atoms with Gasteiger partial charge in [0, 0.05) is 11.1 Å². The van der Waals surface area contributed by atoms with Crippen LogP contribution < -0.4 is 4.74 Å². The fourth-order valence-electron chi connectivity index (χ4n) is 2.04. The molecule has 2 aromatic carbocycles. The average molecular weight is 212 g/mol. The third kappa shape index (κ3) is 1.31. The van der Waals surface area contributed by atoms with E-state index >= 15 is 0 Å². The Morgan fingerprint density at radius 3 is 2.62 bits per heavy atom. The molecule has 0 saturated carbocycles. The second-order valence-electron chi connectivity index (χ2n) is 4.08. The average Bonchev–Trinajstić information content (AvgIpc) is 2.29. The molecule has 0 fully saturated rings. The molecule has 1 unspecified atom stereocenters. The number of ether oxygens (including phenoxy) is 1. The van der Waals surface area contributed by atoms with Gasteiger partial charge in [-0.25, -0.2) is 0 Å². The van der Waals surface area contributed by atoms with Gasteiger partial charge in [-0.05, 0) is 24.6 Å². The molecule has 0 bridgehead atoms. The van der Waals surface area contributed by atoms with Gasteiger partial charge in [0.15, 0.2) is 0 Å². The summed E-state index contributed by atoms with van der Waals surface area (Å²) in [4.78, 5) is 0. The number of fused-ring (bicyclic) bond motifs is 2. The molecule has 16 heavy (non-hydrogen) atoms. The lowest BCUT2D eigenvalue weighted by Gasteiger charge is -2.24. The summed E-state index contributed by atoms with van der Waals surface area (Å²) in [5.41, 5.74) is 2.80. The highest BCUT2D eigenvalue weighted by atomic mass is 16.5. The van der Waals surface area contributed by atoms with E-state index in [1.54, 1.807) is 0 Å². The Bertz CT molecular complexity index is 546. The molecule has 80 valence electrons. The van der Waals surface area contributed by atoms with E-state index in [1.165, 1.54) is 0 Å². The van der Waals surface area contributed by atoms with Gasteiger partial charge in [0.05, 0.1) is 0 Å². The summed E-state index contributed by atoms with van der Waals surface area (Å²) in [6.45, 7) is 2.01. The molecule has 2 nitrogen and oxygen atoms in total. The van der Waals surface area contributed by atoms with Crippen molar-refractivity contribution in [2.75, 3.05) is 0 Å². The largest absolute Gasteiger partial charge is 0.457 e. The lowest BCUT2D eigenvalue weighted by molar-refractivity contribution is 0.203. The van der Waals surface area contributed by atoms with Crippen LogP contribution in [0.1, 0.15) is 22.8 Å². The van der Waals surface area contributed by atoms with Gasteiger partial charge in [-0.2, -0.15) is 0 Å². The topological polar surface area (TPSA) is 29.5 Å². The maximum atomic E-state index is 10.2. The summed E-state index contributed by atoms with van der Waals surface area (Å²) in [7, 11) is 0. The van der Waals surface area contributed by atoms with Gasteiger partial charge < -0.3 is 9.84 Å². The molecule has 1 aliphatic rings. The second-order valence-corrected chi connectivity index (χ2v) is 4.08. The molecular formula is C14H12O2. The van der Waals surface area contributed by atoms with Gasteiger partial charge in [0.25, 0.3) is 0 Å². The Morgan fingerprint density at radius 2 is 1.75 bits per heavy atom. The quantitative estimate of drug-likeness (QED) is 0.726. The number of benzene rings is 2. The zero-order valence-electron chi connectivity index (χ0n) is 8.97. The SMILES string of the molecule is Cc1ccc2c(c1)Oc1ccccc1C2O. The molecule has 3 rings (SSSR count). The number of para-hydroxylation sites is 1. The summed E-state index contributed by atoms with van der Waals surface area (Å²) in [5.74, 6) is 1.50. The molecule has 0 saturated heterocycles. The number of aliphatic hydroxyl groups is 1. The molecule has 1 aliphatic heterocycles. The highest BCUT2D eigenvalue weighted by Gasteiger charge is 2.24. The van der Waals surface area contributed by atoms with E-state index in [0.717, 1.165) is 28.2 Å². The molecule has 0 radical (unpaired) electrons. The van der Waals surface area contributed by atoms with Crippen molar-refractivity contribution < 1.29 is 9.84 Å². The van der Waals surface area contributed by atoms with Gasteiger partial charge in [-0.3, -0.25) is 0 Å². The Morgan fingerprint density at radius 1 is 1.00 bits per heavy atom. The maximum absolute atomic E-state index is 10.2. The molecule has 2 aromatic rings. The predicted molar refractivity (Wildman–Crippen MR) is 61.8 cm³/mol. The van der Waals surface area contributed by atoms with Gasteiger partial charge in [0.1, 0.15) is 17.6 Å². The minimum atomic E-state index is -0.583. The monoisotopic (exact) mass is 212 g/mol. The Kier molecular flexibility index (Phi) is 1.98. The lowest BCUT2D eigenvalue weighted by atomic mass is 9.96. The Labute approximate surface area is 94.1 Å². The zero-order chi connectivity index (χ0) is 11.1. The van der Waals surface area contributed by atoms with E-state index in [9.17, 15) is 5.11 Å². The van der Waals surface area contributed by atoms with Crippen LogP contribution in [0.5, 0.6) is 11.5 Å². The standard InChI is InChI=1S/C14H12O2/c1-9-6-7-11-13(8-9)16-12-5-3-2-4-10(12)14(11)15/h2-8,14-15H,1H3. The van der Waals surface area contributed by atoms with Crippen molar-refractivity contribution in [2.45, 2.75) is 13.0 Å². The van der Waals surface area contributed by atoms with Crippen LogP contribution in [0, 0.1) is 6.92 Å². The Hall–Kier alpha value is -1.80. The van der Waals surface area contributed by atoms with Crippen LogP contribution >= 0.6 is 0 Å². The summed E-state index contributed by atoms with van der Waals surface area (Å²) in [6, 6.07) is 13.4. The van der Waals surface area contributed by atoms with E-state index < -0.39 is 6.10 Å². The van der Waals surface area contributed by atoms with Crippen LogP contribution in [0.15, 0.2) is 42.5 Å². The van der Waals surface area contributed by atoms with Crippen LogP contribution in [-0.2, 0) is 0 Å². The normalized spacial score (nSPS) is 17.2. The number of hydrogen-bond acceptors (Lipinski definition) is 2. The number of rotatable bonds is 0. The fourth-order valence-corrected chi connectivity index (χ4v) is 2.04. The van der Waals surface area contributed by atoms with E-state index in [2.05, 4.69) is 0 Å². The lowest BCUT2D eigenvalue weighted by Crippen LogP contribution is -2.09. The van der Waals surface area contributed by atoms with E-state index in [1.807, 2.05) is 49.4 Å². The van der Waals surface area contributed by atoms with Crippen molar-refractivity contribution in [1.29, 1.82) is 0 Å². The molecule has 1 atom stereocenters. The summed E-state index contributed by atoms with van der Waals surface area (Å²) >= 11 is 0. The molecule has 0 amide bonds. The second kappa shape index (κ2) is 3.35. The molecule has 0 aromatic heterocycles. The summed E-state index contributed by atoms with van der Waals surface area (Å²) in [6.07, 6.45) is -0.583. The number of aliphatic hydroxyl groups excluding tert-OH is 1. The van der Waals surface area contributed by atoms with E-state index in [4.69, 9.17) is 4.74 Å². The van der Waals surface area contributed by atoms with Crippen molar-refractivity contribution in [2.24, 2.45) is 0 Å². The number of aryl methyl sites for hydroxylation is 1. The molecule has 0 spiro atoms. The third-order valence-electron chi connectivity index (χ3n) is 2.90. The van der Waals surface area contributed by atoms with Gasteiger partial charge in [-0.1, -0.05) is 30.3 Å². The third-order valence-corrected chi connectivity index (χ3v) is 2.90. The highest BCUT2D eigenvalue weighted by molar-refractivity contribution is 5.52. The van der Waals surface area contributed by atoms with Crippen LogP contribution in [-0.4, -0.2) is 5.11 Å². The minimum absolute atomic E-state index is 0.583. The van der Waals surface area contributed by atoms with Crippen LogP contribution in [0.25, 0.3) is 0 Å². The molecule has 0 aliphatic carbocycles. The minimum Gasteiger partial charge on any atom is -0.457 e. The molecule has 2 heteroatoms. The summed E-state index contributed by atoms with van der Waals surface area (Å²) in [5, 5.41) is 10.2. The molecule has 1 heterocycles. The highest BCUT2D eigenvalue weighted by Crippen LogP contribution is 2.42. The van der Waals surface area contributed by atoms with Gasteiger partial charge in [0.2, 0.25) is 0 Å². The smallest absolute Gasteiger partial charge is 0.133 e. The first-order valence-electron chi connectivity index (χ1n) is 5.31. The first-order chi connectivity index (χ1) is 7.75. The summed E-state index contributed by atoms with van der Waals surface area (Å²) < 4.78 is 5.77. The van der Waals surface area contributed by atoms with Gasteiger partial charge >= 0.3 is 0 Å². The van der Waals surface area contributed by atoms with E-state index in [0.29, 0.717) is 0 Å². The van der Waals surface area contributed by atoms with Crippen molar-refractivity contribution in [3.05, 3.63) is 59.2 Å². The van der Waals surface area contributed by atoms with Crippen molar-refractivity contribution in [1.82, 2.24) is 0 Å². The van der Waals surface area contributed by atoms with Crippen molar-refractivity contribution in [3.8, 4) is 11.5 Å². The van der Waals surface area contributed by atoms with Crippen LogP contribution in [0.4, 0.5) is 0 Å². The fraction of sp³-hybridized carbons (Fsp3) is 0.143. The maximum Gasteiger partial charge on any atom is 0.133 e. The van der Waals surface area contributed by atoms with Crippen molar-refractivity contribution >= 4 is 0 Å². The van der Waals surface area contributed by atoms with Crippen molar-refractivity contribution in [3.63, 3.8) is 0 Å². The predicted octanol–water partition coefficient (Wildman–Crippen LogP) is 3.18. The van der Waals surface area contributed by atoms with Crippen LogP contribution in [0.2, 0.25) is 0 Å². The molecule has 1 N–H and O–H groups in total.